The zero-order chi connectivity index (χ0) is 12.3. The van der Waals surface area contributed by atoms with E-state index in [1.165, 1.54) is 0 Å². The van der Waals surface area contributed by atoms with Gasteiger partial charge in [0.1, 0.15) is 5.84 Å². The Morgan fingerprint density at radius 2 is 2.12 bits per heavy atom. The van der Waals surface area contributed by atoms with Crippen LogP contribution in [-0.2, 0) is 6.42 Å². The number of nitrogens with zero attached hydrogens (tertiary/aromatic N) is 1. The summed E-state index contributed by atoms with van der Waals surface area (Å²) in [5.74, 6) is 2.12. The summed E-state index contributed by atoms with van der Waals surface area (Å²) < 4.78 is 10.7. The van der Waals surface area contributed by atoms with E-state index in [1.807, 2.05) is 12.1 Å². The summed E-state index contributed by atoms with van der Waals surface area (Å²) in [6.07, 6.45) is 1.95. The maximum Gasteiger partial charge on any atom is 0.231 e. The molecule has 0 fully saturated rings. The molecule has 0 amide bonds. The number of rotatable bonds is 4. The first kappa shape index (κ1) is 12.0. The van der Waals surface area contributed by atoms with E-state index in [0.717, 1.165) is 29.8 Å². The molecule has 1 aliphatic heterocycles. The standard InChI is InChI=1S/C12H15ClN2O2/c1-2-3-8-4-10-11(17-7-16-10)5-9(8)15-12(14)6-13/h4-5H,2-3,6-7H2,1H3,(H2,14,15). The number of aliphatic imine (C=N–C) groups is 1. The van der Waals surface area contributed by atoms with Crippen LogP contribution in [-0.4, -0.2) is 18.5 Å². The predicted molar refractivity (Wildman–Crippen MR) is 68.6 cm³/mol. The summed E-state index contributed by atoms with van der Waals surface area (Å²) >= 11 is 5.64. The van der Waals surface area contributed by atoms with Crippen molar-refractivity contribution in [3.8, 4) is 11.5 Å². The molecule has 0 unspecified atom stereocenters. The zero-order valence-corrected chi connectivity index (χ0v) is 10.5. The molecule has 0 spiro atoms. The lowest BCUT2D eigenvalue weighted by Gasteiger charge is -2.07. The first-order valence-electron chi connectivity index (χ1n) is 5.56. The maximum atomic E-state index is 5.66. The Morgan fingerprint density at radius 1 is 1.41 bits per heavy atom. The van der Waals surface area contributed by atoms with E-state index in [-0.39, 0.29) is 12.7 Å². The number of hydrogen-bond acceptors (Lipinski definition) is 3. The van der Waals surface area contributed by atoms with Crippen LogP contribution in [0.2, 0.25) is 0 Å². The molecule has 0 bridgehead atoms. The van der Waals surface area contributed by atoms with Gasteiger partial charge in [-0.05, 0) is 18.1 Å². The zero-order valence-electron chi connectivity index (χ0n) is 9.70. The van der Waals surface area contributed by atoms with Crippen molar-refractivity contribution in [2.75, 3.05) is 12.7 Å². The van der Waals surface area contributed by atoms with Gasteiger partial charge in [0, 0.05) is 6.07 Å². The molecular weight excluding hydrogens is 240 g/mol. The fourth-order valence-electron chi connectivity index (χ4n) is 1.73. The highest BCUT2D eigenvalue weighted by molar-refractivity contribution is 6.28. The minimum Gasteiger partial charge on any atom is -0.454 e. The molecule has 2 rings (SSSR count). The van der Waals surface area contributed by atoms with Crippen molar-refractivity contribution >= 4 is 23.1 Å². The lowest BCUT2D eigenvalue weighted by Crippen LogP contribution is -2.12. The van der Waals surface area contributed by atoms with Crippen LogP contribution in [0.25, 0.3) is 0 Å². The second kappa shape index (κ2) is 5.27. The van der Waals surface area contributed by atoms with Gasteiger partial charge < -0.3 is 15.2 Å². The Morgan fingerprint density at radius 3 is 2.76 bits per heavy atom. The van der Waals surface area contributed by atoms with Crippen LogP contribution >= 0.6 is 11.6 Å². The summed E-state index contributed by atoms with van der Waals surface area (Å²) in [5.41, 5.74) is 7.58. The number of benzene rings is 1. The molecule has 0 aliphatic carbocycles. The molecule has 1 aromatic rings. The van der Waals surface area contributed by atoms with Gasteiger partial charge in [0.05, 0.1) is 11.6 Å². The third-order valence-corrected chi connectivity index (χ3v) is 2.77. The highest BCUT2D eigenvalue weighted by Crippen LogP contribution is 2.38. The Balaban J connectivity index is 2.41. The van der Waals surface area contributed by atoms with E-state index in [9.17, 15) is 0 Å². The Bertz CT molecular complexity index is 446. The van der Waals surface area contributed by atoms with Gasteiger partial charge in [-0.2, -0.15) is 0 Å². The molecule has 0 saturated heterocycles. The molecular formula is C12H15ClN2O2. The number of fused-ring (bicyclic) bond motifs is 1. The van der Waals surface area contributed by atoms with Crippen LogP contribution in [0.1, 0.15) is 18.9 Å². The quantitative estimate of drug-likeness (QED) is 0.510. The second-order valence-electron chi connectivity index (χ2n) is 3.82. The first-order chi connectivity index (χ1) is 8.24. The molecule has 1 aromatic carbocycles. The smallest absolute Gasteiger partial charge is 0.231 e. The van der Waals surface area contributed by atoms with Crippen LogP contribution in [0.15, 0.2) is 17.1 Å². The van der Waals surface area contributed by atoms with Crippen molar-refractivity contribution in [3.05, 3.63) is 17.7 Å². The fourth-order valence-corrected chi connectivity index (χ4v) is 1.79. The number of ether oxygens (including phenoxy) is 2. The van der Waals surface area contributed by atoms with Gasteiger partial charge in [0.2, 0.25) is 6.79 Å². The van der Waals surface area contributed by atoms with E-state index in [0.29, 0.717) is 11.6 Å². The number of hydrogen-bond donors (Lipinski definition) is 1. The van der Waals surface area contributed by atoms with Crippen molar-refractivity contribution in [1.29, 1.82) is 0 Å². The van der Waals surface area contributed by atoms with Gasteiger partial charge in [0.25, 0.3) is 0 Å². The summed E-state index contributed by atoms with van der Waals surface area (Å²) in [5, 5.41) is 0. The molecule has 2 N–H and O–H groups in total. The minimum absolute atomic E-state index is 0.222. The molecule has 0 aromatic heterocycles. The fraction of sp³-hybridized carbons (Fsp3) is 0.417. The topological polar surface area (TPSA) is 56.8 Å². The normalized spacial score (nSPS) is 14.1. The van der Waals surface area contributed by atoms with E-state index < -0.39 is 0 Å². The van der Waals surface area contributed by atoms with Crippen LogP contribution in [0.4, 0.5) is 5.69 Å². The van der Waals surface area contributed by atoms with E-state index in [1.54, 1.807) is 0 Å². The summed E-state index contributed by atoms with van der Waals surface area (Å²) in [6.45, 7) is 2.38. The number of aryl methyl sites for hydroxylation is 1. The van der Waals surface area contributed by atoms with E-state index in [4.69, 9.17) is 26.8 Å². The van der Waals surface area contributed by atoms with Crippen LogP contribution in [0.5, 0.6) is 11.5 Å². The molecule has 92 valence electrons. The van der Waals surface area contributed by atoms with Crippen LogP contribution < -0.4 is 15.2 Å². The Hall–Kier alpha value is -1.42. The van der Waals surface area contributed by atoms with Crippen molar-refractivity contribution in [2.45, 2.75) is 19.8 Å². The molecule has 5 heteroatoms. The van der Waals surface area contributed by atoms with E-state index in [2.05, 4.69) is 11.9 Å². The van der Waals surface area contributed by atoms with E-state index >= 15 is 0 Å². The van der Waals surface area contributed by atoms with Gasteiger partial charge in [-0.3, -0.25) is 0 Å². The number of nitrogens with two attached hydrogens (primary N) is 1. The largest absolute Gasteiger partial charge is 0.454 e. The van der Waals surface area contributed by atoms with Crippen LogP contribution in [0, 0.1) is 0 Å². The molecule has 1 heterocycles. The van der Waals surface area contributed by atoms with Gasteiger partial charge in [0.15, 0.2) is 11.5 Å². The number of alkyl halides is 1. The minimum atomic E-state index is 0.222. The highest BCUT2D eigenvalue weighted by atomic mass is 35.5. The average molecular weight is 255 g/mol. The van der Waals surface area contributed by atoms with Crippen molar-refractivity contribution < 1.29 is 9.47 Å². The summed E-state index contributed by atoms with van der Waals surface area (Å²) in [7, 11) is 0. The van der Waals surface area contributed by atoms with Crippen LogP contribution in [0.3, 0.4) is 0 Å². The molecule has 1 aliphatic rings. The average Bonchev–Trinajstić information content (AvgIpc) is 2.76. The Kier molecular flexibility index (Phi) is 3.74. The lowest BCUT2D eigenvalue weighted by molar-refractivity contribution is 0.174. The number of amidine groups is 1. The third-order valence-electron chi connectivity index (χ3n) is 2.49. The lowest BCUT2D eigenvalue weighted by atomic mass is 10.1. The van der Waals surface area contributed by atoms with Gasteiger partial charge in [-0.25, -0.2) is 4.99 Å². The number of halogens is 1. The van der Waals surface area contributed by atoms with Crippen molar-refractivity contribution in [1.82, 2.24) is 0 Å². The summed E-state index contributed by atoms with van der Waals surface area (Å²) in [6, 6.07) is 3.82. The van der Waals surface area contributed by atoms with Gasteiger partial charge in [-0.15, -0.1) is 11.6 Å². The molecule has 0 saturated carbocycles. The maximum absolute atomic E-state index is 5.66. The highest BCUT2D eigenvalue weighted by Gasteiger charge is 2.16. The molecule has 17 heavy (non-hydrogen) atoms. The Labute approximate surface area is 105 Å². The SMILES string of the molecule is CCCc1cc2c(cc1N=C(N)CCl)OCO2. The molecule has 0 atom stereocenters. The van der Waals surface area contributed by atoms with Crippen molar-refractivity contribution in [3.63, 3.8) is 0 Å². The second-order valence-corrected chi connectivity index (χ2v) is 4.09. The summed E-state index contributed by atoms with van der Waals surface area (Å²) in [4.78, 5) is 4.30. The molecule has 0 radical (unpaired) electrons. The predicted octanol–water partition coefficient (Wildman–Crippen LogP) is 2.60. The van der Waals surface area contributed by atoms with Gasteiger partial charge >= 0.3 is 0 Å². The van der Waals surface area contributed by atoms with Gasteiger partial charge in [-0.1, -0.05) is 13.3 Å². The van der Waals surface area contributed by atoms with Crippen molar-refractivity contribution in [2.24, 2.45) is 10.7 Å². The third kappa shape index (κ3) is 2.64. The molecule has 4 nitrogen and oxygen atoms in total. The monoisotopic (exact) mass is 254 g/mol. The first-order valence-corrected chi connectivity index (χ1v) is 6.09.